The van der Waals surface area contributed by atoms with Gasteiger partial charge in [0, 0.05) is 16.5 Å². The summed E-state index contributed by atoms with van der Waals surface area (Å²) >= 11 is 6.31. The van der Waals surface area contributed by atoms with Crippen LogP contribution in [0.4, 0.5) is 0 Å². The Labute approximate surface area is 221 Å². The number of rotatable bonds is 11. The van der Waals surface area contributed by atoms with Gasteiger partial charge in [-0.1, -0.05) is 48.3 Å². The van der Waals surface area contributed by atoms with Crippen molar-refractivity contribution in [3.05, 3.63) is 64.2 Å². The molecule has 2 aromatic rings. The van der Waals surface area contributed by atoms with Crippen LogP contribution < -0.4 is 9.46 Å². The van der Waals surface area contributed by atoms with E-state index >= 15 is 0 Å². The average molecular weight is 533 g/mol. The minimum absolute atomic E-state index is 0.0222. The van der Waals surface area contributed by atoms with Gasteiger partial charge in [-0.05, 0) is 88.4 Å². The number of carbonyl (C=O) groups is 1. The third-order valence-corrected chi connectivity index (χ3v) is 8.54. The van der Waals surface area contributed by atoms with Crippen LogP contribution in [0.5, 0.6) is 5.75 Å². The number of carbonyl (C=O) groups excluding carboxylic acids is 1. The summed E-state index contributed by atoms with van der Waals surface area (Å²) in [6, 6.07) is 13.8. The summed E-state index contributed by atoms with van der Waals surface area (Å²) in [6.45, 7) is 8.22. The molecular weight excluding hydrogens is 495 g/mol. The molecule has 0 radical (unpaired) electrons. The highest BCUT2D eigenvalue weighted by atomic mass is 35.5. The molecule has 1 fully saturated rings. The number of likely N-dealkylation sites (tertiary alicyclic amines) is 1. The Morgan fingerprint density at radius 2 is 1.92 bits per heavy atom. The van der Waals surface area contributed by atoms with Gasteiger partial charge in [0.1, 0.15) is 11.4 Å². The zero-order chi connectivity index (χ0) is 26.5. The quantitative estimate of drug-likeness (QED) is 0.436. The minimum atomic E-state index is -3.20. The van der Waals surface area contributed by atoms with E-state index in [2.05, 4.69) is 16.5 Å². The zero-order valence-electron chi connectivity index (χ0n) is 22.0. The lowest BCUT2D eigenvalue weighted by Gasteiger charge is -2.36. The van der Waals surface area contributed by atoms with Gasteiger partial charge in [-0.15, -0.1) is 0 Å². The molecule has 0 spiro atoms. The first-order valence-corrected chi connectivity index (χ1v) is 14.8. The highest BCUT2D eigenvalue weighted by Crippen LogP contribution is 2.33. The van der Waals surface area contributed by atoms with Crippen molar-refractivity contribution < 1.29 is 17.9 Å². The lowest BCUT2D eigenvalue weighted by molar-refractivity contribution is -0.117. The van der Waals surface area contributed by atoms with E-state index in [4.69, 9.17) is 16.3 Å². The van der Waals surface area contributed by atoms with Gasteiger partial charge in [-0.25, -0.2) is 13.1 Å². The van der Waals surface area contributed by atoms with E-state index in [-0.39, 0.29) is 18.4 Å². The van der Waals surface area contributed by atoms with Gasteiger partial charge in [0.15, 0.2) is 0 Å². The van der Waals surface area contributed by atoms with Crippen LogP contribution in [0.1, 0.15) is 42.9 Å². The van der Waals surface area contributed by atoms with Gasteiger partial charge in [-0.2, -0.15) is 0 Å². The Morgan fingerprint density at radius 1 is 1.22 bits per heavy atom. The molecule has 1 saturated heterocycles. The number of hydrogen-bond acceptors (Lipinski definition) is 5. The van der Waals surface area contributed by atoms with Crippen LogP contribution in [-0.2, 0) is 26.6 Å². The summed E-state index contributed by atoms with van der Waals surface area (Å²) in [5.74, 6) is 0.789. The second-order valence-electron chi connectivity index (χ2n) is 10.4. The molecule has 1 atom stereocenters. The fraction of sp³-hybridized carbons (Fsp3) is 0.519. The van der Waals surface area contributed by atoms with Crippen LogP contribution in [0, 0.1) is 6.92 Å². The molecule has 0 amide bonds. The van der Waals surface area contributed by atoms with Crippen LogP contribution in [-0.4, -0.2) is 64.8 Å². The monoisotopic (exact) mass is 532 g/mol. The van der Waals surface area contributed by atoms with Gasteiger partial charge < -0.3 is 14.4 Å². The van der Waals surface area contributed by atoms with Gasteiger partial charge >= 0.3 is 0 Å². The van der Waals surface area contributed by atoms with E-state index in [0.717, 1.165) is 54.9 Å². The van der Waals surface area contributed by atoms with Crippen LogP contribution >= 0.6 is 11.6 Å². The van der Waals surface area contributed by atoms with Gasteiger partial charge in [0.05, 0.1) is 13.4 Å². The maximum absolute atomic E-state index is 14.0. The van der Waals surface area contributed by atoms with Crippen molar-refractivity contribution in [2.45, 2.75) is 57.7 Å². The molecule has 6 nitrogen and oxygen atoms in total. The fourth-order valence-electron chi connectivity index (χ4n) is 5.15. The first kappa shape index (κ1) is 28.7. The van der Waals surface area contributed by atoms with E-state index in [1.54, 1.807) is 7.11 Å². The van der Waals surface area contributed by atoms with Crippen molar-refractivity contribution >= 4 is 34.0 Å². The molecule has 36 heavy (non-hydrogen) atoms. The first-order chi connectivity index (χ1) is 16.9. The highest BCUT2D eigenvalue weighted by molar-refractivity contribution is 7.88. The van der Waals surface area contributed by atoms with Crippen LogP contribution in [0.15, 0.2) is 42.5 Å². The van der Waals surface area contributed by atoms with E-state index < -0.39 is 15.4 Å². The Balaban J connectivity index is 1.76. The third kappa shape index (κ3) is 7.57. The van der Waals surface area contributed by atoms with Crippen molar-refractivity contribution in [2.75, 3.05) is 33.0 Å². The molecule has 0 aromatic heterocycles. The molecule has 0 aliphatic carbocycles. The normalized spacial score (nSPS) is 16.9. The highest BCUT2D eigenvalue weighted by Gasteiger charge is 2.39. The summed E-state index contributed by atoms with van der Waals surface area (Å²) in [7, 11) is -1.56. The van der Waals surface area contributed by atoms with Crippen molar-refractivity contribution in [3.63, 3.8) is 0 Å². The number of methoxy groups -OCH3 is 1. The number of sulfonamides is 1. The Bertz CT molecular complexity index is 1170. The summed E-state index contributed by atoms with van der Waals surface area (Å²) < 4.78 is 31.2. The molecule has 2 aromatic carbocycles. The summed E-state index contributed by atoms with van der Waals surface area (Å²) in [4.78, 5) is 16.4. The molecule has 0 bridgehead atoms. The molecular formula is C27H38BClN2O4S. The van der Waals surface area contributed by atoms with Crippen molar-refractivity contribution in [3.8, 4) is 5.75 Å². The predicted molar refractivity (Wildman–Crippen MR) is 149 cm³/mol. The van der Waals surface area contributed by atoms with E-state index in [1.807, 2.05) is 56.2 Å². The second-order valence-corrected chi connectivity index (χ2v) is 12.6. The predicted octanol–water partition coefficient (Wildman–Crippen LogP) is 4.33. The molecule has 1 N–H and O–H groups in total. The van der Waals surface area contributed by atoms with E-state index in [9.17, 15) is 13.2 Å². The zero-order valence-corrected chi connectivity index (χ0v) is 23.6. The molecule has 1 unspecified atom stereocenters. The smallest absolute Gasteiger partial charge is 0.225 e. The standard InChI is InChI=1S/C27H38BClN2O4S/c1-20-17-22(9-10-25(20)29)27(2,13-16-31-14-11-23(12-15-31)30-36(5,33)34)26(32)28(3)19-21-7-6-8-24(18-21)35-4/h6-10,17-18,23,30H,11-16,19H2,1-5H3. The molecule has 0 saturated carbocycles. The number of aryl methyl sites for hydroxylation is 1. The van der Waals surface area contributed by atoms with Crippen LogP contribution in [0.2, 0.25) is 11.8 Å². The SMILES string of the molecule is COc1cccc(CB(C)C(=O)C(C)(CCN2CCC(NS(C)(=O)=O)CC2)c2ccc(Cl)c(C)c2)c1. The number of piperidine rings is 1. The Hall–Kier alpha value is -1.87. The molecule has 1 aliphatic heterocycles. The number of hydrogen-bond donors (Lipinski definition) is 1. The largest absolute Gasteiger partial charge is 0.497 e. The Kier molecular flexibility index (Phi) is 9.66. The first-order valence-electron chi connectivity index (χ1n) is 12.5. The third-order valence-electron chi connectivity index (χ3n) is 7.36. The van der Waals surface area contributed by atoms with Gasteiger partial charge in [0.25, 0.3) is 0 Å². The number of ether oxygens (including phenoxy) is 1. The van der Waals surface area contributed by atoms with E-state index in [1.165, 1.54) is 6.26 Å². The lowest BCUT2D eigenvalue weighted by Crippen LogP contribution is -2.48. The fourth-order valence-corrected chi connectivity index (χ4v) is 6.10. The molecule has 1 aliphatic rings. The maximum Gasteiger partial charge on any atom is 0.225 e. The Morgan fingerprint density at radius 3 is 2.53 bits per heavy atom. The number of nitrogens with zero attached hydrogens (tertiary/aromatic N) is 1. The van der Waals surface area contributed by atoms with Crippen molar-refractivity contribution in [2.24, 2.45) is 0 Å². The van der Waals surface area contributed by atoms with Crippen molar-refractivity contribution in [1.82, 2.24) is 9.62 Å². The summed E-state index contributed by atoms with van der Waals surface area (Å²) in [5.41, 5.74) is 2.56. The minimum Gasteiger partial charge on any atom is -0.497 e. The van der Waals surface area contributed by atoms with Crippen LogP contribution in [0.25, 0.3) is 0 Å². The number of nitrogens with one attached hydrogen (secondary N) is 1. The maximum atomic E-state index is 14.0. The van der Waals surface area contributed by atoms with E-state index in [0.29, 0.717) is 17.8 Å². The molecule has 3 rings (SSSR count). The van der Waals surface area contributed by atoms with Gasteiger partial charge in [0.2, 0.25) is 16.7 Å². The molecule has 196 valence electrons. The topological polar surface area (TPSA) is 75.7 Å². The number of benzene rings is 2. The van der Waals surface area contributed by atoms with Gasteiger partial charge in [-0.3, -0.25) is 0 Å². The molecule has 9 heteroatoms. The second kappa shape index (κ2) is 12.1. The van der Waals surface area contributed by atoms with Crippen LogP contribution in [0.3, 0.4) is 0 Å². The summed E-state index contributed by atoms with van der Waals surface area (Å²) in [6.07, 6.45) is 4.06. The molecule has 1 heterocycles. The van der Waals surface area contributed by atoms with Crippen molar-refractivity contribution in [1.29, 1.82) is 0 Å². The summed E-state index contributed by atoms with van der Waals surface area (Å²) in [5, 5.41) is 0.693. The average Bonchev–Trinajstić information content (AvgIpc) is 2.83. The lowest BCUT2D eigenvalue weighted by atomic mass is 9.39. The number of halogens is 1.